The molecule has 1 atom stereocenters. The van der Waals surface area contributed by atoms with E-state index in [1.54, 1.807) is 24.3 Å². The van der Waals surface area contributed by atoms with E-state index in [1.807, 2.05) is 0 Å². The zero-order chi connectivity index (χ0) is 11.5. The van der Waals surface area contributed by atoms with Crippen molar-refractivity contribution in [2.75, 3.05) is 0 Å². The molecule has 1 aromatic carbocycles. The number of benzene rings is 1. The minimum atomic E-state index is -0.569. The number of carbonyl (C=O) groups is 3. The van der Waals surface area contributed by atoms with Crippen molar-refractivity contribution >= 4 is 24.4 Å². The van der Waals surface area contributed by atoms with Gasteiger partial charge in [-0.05, 0) is 11.1 Å². The number of aldehydes is 3. The Kier molecular flexibility index (Phi) is 2.64. The van der Waals surface area contributed by atoms with Crippen molar-refractivity contribution in [1.29, 1.82) is 0 Å². The molecule has 0 saturated heterocycles. The fraction of sp³-hybridized carbons (Fsp3) is 0.0833. The molecule has 0 aromatic heterocycles. The standard InChI is InChI=1S/C12H9NO3/c14-5-10-8-3-1-2-4-9(8)11(6-15)13-12(10)7-16/h1-7,11,13H. The summed E-state index contributed by atoms with van der Waals surface area (Å²) >= 11 is 0. The smallest absolute Gasteiger partial charge is 0.166 e. The van der Waals surface area contributed by atoms with Crippen LogP contribution in [0.2, 0.25) is 0 Å². The first-order chi connectivity index (χ1) is 7.81. The van der Waals surface area contributed by atoms with Crippen molar-refractivity contribution in [3.8, 4) is 0 Å². The van der Waals surface area contributed by atoms with Crippen LogP contribution in [0.25, 0.3) is 5.57 Å². The molecule has 0 fully saturated rings. The molecule has 1 aliphatic heterocycles. The van der Waals surface area contributed by atoms with Gasteiger partial charge in [-0.3, -0.25) is 9.59 Å². The van der Waals surface area contributed by atoms with Gasteiger partial charge in [0.15, 0.2) is 12.6 Å². The average molecular weight is 215 g/mol. The van der Waals surface area contributed by atoms with Crippen LogP contribution in [0.3, 0.4) is 0 Å². The molecule has 0 aliphatic carbocycles. The zero-order valence-corrected chi connectivity index (χ0v) is 8.34. The molecule has 0 radical (unpaired) electrons. The first-order valence-electron chi connectivity index (χ1n) is 4.77. The number of rotatable bonds is 3. The van der Waals surface area contributed by atoms with Gasteiger partial charge >= 0.3 is 0 Å². The predicted octanol–water partition coefficient (Wildman–Crippen LogP) is 0.639. The van der Waals surface area contributed by atoms with Gasteiger partial charge in [-0.1, -0.05) is 24.3 Å². The Hall–Kier alpha value is -2.23. The fourth-order valence-electron chi connectivity index (χ4n) is 1.81. The highest BCUT2D eigenvalue weighted by atomic mass is 16.1. The number of hydrogen-bond donors (Lipinski definition) is 1. The van der Waals surface area contributed by atoms with Gasteiger partial charge in [-0.15, -0.1) is 0 Å². The molecule has 0 amide bonds. The van der Waals surface area contributed by atoms with Crippen LogP contribution < -0.4 is 5.32 Å². The highest BCUT2D eigenvalue weighted by molar-refractivity contribution is 6.14. The molecule has 2 rings (SSSR count). The first kappa shape index (κ1) is 10.3. The molecule has 4 heteroatoms. The van der Waals surface area contributed by atoms with Gasteiger partial charge in [-0.2, -0.15) is 0 Å². The molecule has 4 nitrogen and oxygen atoms in total. The largest absolute Gasteiger partial charge is 0.369 e. The lowest BCUT2D eigenvalue weighted by Crippen LogP contribution is -2.29. The number of hydrogen-bond acceptors (Lipinski definition) is 4. The summed E-state index contributed by atoms with van der Waals surface area (Å²) in [6.07, 6.45) is 1.89. The molecular formula is C12H9NO3. The topological polar surface area (TPSA) is 63.2 Å². The maximum absolute atomic E-state index is 10.9. The van der Waals surface area contributed by atoms with E-state index in [-0.39, 0.29) is 5.70 Å². The first-order valence-corrected chi connectivity index (χ1v) is 4.77. The highest BCUT2D eigenvalue weighted by Crippen LogP contribution is 2.29. The maximum Gasteiger partial charge on any atom is 0.166 e. The van der Waals surface area contributed by atoms with Crippen LogP contribution in [-0.4, -0.2) is 18.9 Å². The molecule has 0 bridgehead atoms. The van der Waals surface area contributed by atoms with Gasteiger partial charge in [0.05, 0.1) is 5.70 Å². The van der Waals surface area contributed by atoms with Gasteiger partial charge in [0, 0.05) is 5.57 Å². The third-order valence-corrected chi connectivity index (χ3v) is 2.56. The molecule has 1 aliphatic rings. The Labute approximate surface area is 92.0 Å². The summed E-state index contributed by atoms with van der Waals surface area (Å²) in [4.78, 5) is 32.6. The lowest BCUT2D eigenvalue weighted by atomic mass is 9.91. The van der Waals surface area contributed by atoms with E-state index >= 15 is 0 Å². The zero-order valence-electron chi connectivity index (χ0n) is 8.34. The Morgan fingerprint density at radius 1 is 1.06 bits per heavy atom. The van der Waals surface area contributed by atoms with Crippen LogP contribution in [0, 0.1) is 0 Å². The van der Waals surface area contributed by atoms with Crippen molar-refractivity contribution in [3.05, 3.63) is 41.1 Å². The number of nitrogens with one attached hydrogen (secondary N) is 1. The maximum atomic E-state index is 10.9. The van der Waals surface area contributed by atoms with Crippen LogP contribution in [0.4, 0.5) is 0 Å². The minimum Gasteiger partial charge on any atom is -0.369 e. The molecule has 1 unspecified atom stereocenters. The van der Waals surface area contributed by atoms with Crippen LogP contribution in [0.5, 0.6) is 0 Å². The van der Waals surface area contributed by atoms with Gasteiger partial charge in [0.25, 0.3) is 0 Å². The molecule has 1 aromatic rings. The second kappa shape index (κ2) is 4.10. The molecule has 80 valence electrons. The van der Waals surface area contributed by atoms with Crippen molar-refractivity contribution in [1.82, 2.24) is 5.32 Å². The predicted molar refractivity (Wildman–Crippen MR) is 57.4 cm³/mol. The third kappa shape index (κ3) is 1.44. The molecule has 0 saturated carbocycles. The molecule has 1 heterocycles. The Morgan fingerprint density at radius 3 is 2.44 bits per heavy atom. The third-order valence-electron chi connectivity index (χ3n) is 2.56. The van der Waals surface area contributed by atoms with Crippen molar-refractivity contribution in [3.63, 3.8) is 0 Å². The summed E-state index contributed by atoms with van der Waals surface area (Å²) in [7, 11) is 0. The summed E-state index contributed by atoms with van der Waals surface area (Å²) in [6, 6.07) is 6.45. The Balaban J connectivity index is 2.68. The van der Waals surface area contributed by atoms with E-state index in [0.717, 1.165) is 0 Å². The van der Waals surface area contributed by atoms with Crippen LogP contribution in [0.15, 0.2) is 30.0 Å². The second-order valence-corrected chi connectivity index (χ2v) is 3.41. The SMILES string of the molecule is O=CC1=C(C=O)c2ccccc2C(C=O)N1. The van der Waals surface area contributed by atoms with Crippen molar-refractivity contribution in [2.45, 2.75) is 6.04 Å². The van der Waals surface area contributed by atoms with Crippen molar-refractivity contribution in [2.24, 2.45) is 0 Å². The van der Waals surface area contributed by atoms with Gasteiger partial charge in [0.2, 0.25) is 0 Å². The number of allylic oxidation sites excluding steroid dienone is 2. The van der Waals surface area contributed by atoms with E-state index in [2.05, 4.69) is 5.32 Å². The summed E-state index contributed by atoms with van der Waals surface area (Å²) in [6.45, 7) is 0. The Morgan fingerprint density at radius 2 is 1.81 bits per heavy atom. The average Bonchev–Trinajstić information content (AvgIpc) is 2.36. The van der Waals surface area contributed by atoms with E-state index in [0.29, 0.717) is 35.6 Å². The summed E-state index contributed by atoms with van der Waals surface area (Å²) in [5.74, 6) is 0. The summed E-state index contributed by atoms with van der Waals surface area (Å²) in [5.41, 5.74) is 1.80. The van der Waals surface area contributed by atoms with E-state index in [1.165, 1.54) is 0 Å². The van der Waals surface area contributed by atoms with E-state index < -0.39 is 6.04 Å². The molecule has 16 heavy (non-hydrogen) atoms. The summed E-state index contributed by atoms with van der Waals surface area (Å²) in [5, 5.41) is 2.72. The fourth-order valence-corrected chi connectivity index (χ4v) is 1.81. The van der Waals surface area contributed by atoms with Gasteiger partial charge < -0.3 is 10.1 Å². The lowest BCUT2D eigenvalue weighted by Gasteiger charge is -2.24. The van der Waals surface area contributed by atoms with E-state index in [4.69, 9.17) is 0 Å². The Bertz CT molecular complexity index is 491. The highest BCUT2D eigenvalue weighted by Gasteiger charge is 2.24. The van der Waals surface area contributed by atoms with E-state index in [9.17, 15) is 14.4 Å². The molecular weight excluding hydrogens is 206 g/mol. The van der Waals surface area contributed by atoms with Crippen molar-refractivity contribution < 1.29 is 14.4 Å². The van der Waals surface area contributed by atoms with Gasteiger partial charge in [0.1, 0.15) is 12.3 Å². The molecule has 0 spiro atoms. The minimum absolute atomic E-state index is 0.158. The quantitative estimate of drug-likeness (QED) is 0.751. The lowest BCUT2D eigenvalue weighted by molar-refractivity contribution is -0.110. The number of fused-ring (bicyclic) bond motifs is 1. The number of carbonyl (C=O) groups excluding carboxylic acids is 3. The molecule has 1 N–H and O–H groups in total. The van der Waals surface area contributed by atoms with Crippen LogP contribution in [0.1, 0.15) is 17.2 Å². The second-order valence-electron chi connectivity index (χ2n) is 3.41. The monoisotopic (exact) mass is 215 g/mol. The normalized spacial score (nSPS) is 18.4. The van der Waals surface area contributed by atoms with Crippen LogP contribution in [-0.2, 0) is 14.4 Å². The van der Waals surface area contributed by atoms with Crippen LogP contribution >= 0.6 is 0 Å². The summed E-state index contributed by atoms with van der Waals surface area (Å²) < 4.78 is 0. The van der Waals surface area contributed by atoms with Gasteiger partial charge in [-0.25, -0.2) is 0 Å².